The van der Waals surface area contributed by atoms with Crippen LogP contribution in [0, 0.1) is 11.2 Å². The van der Waals surface area contributed by atoms with Crippen molar-refractivity contribution in [2.24, 2.45) is 5.41 Å². The quantitative estimate of drug-likeness (QED) is 0.823. The van der Waals surface area contributed by atoms with Crippen molar-refractivity contribution in [3.63, 3.8) is 0 Å². The van der Waals surface area contributed by atoms with Crippen molar-refractivity contribution >= 4 is 0 Å². The third-order valence-corrected chi connectivity index (χ3v) is 3.43. The van der Waals surface area contributed by atoms with Crippen LogP contribution in [0.1, 0.15) is 32.8 Å². The van der Waals surface area contributed by atoms with Crippen molar-refractivity contribution in [2.45, 2.75) is 45.7 Å². The summed E-state index contributed by atoms with van der Waals surface area (Å²) >= 11 is 0. The average Bonchev–Trinajstić information content (AvgIpc) is 2.72. The maximum atomic E-state index is 13.0. The number of hydrogen-bond donors (Lipinski definition) is 1. The number of hydrogen-bond acceptors (Lipinski definition) is 1. The Balaban J connectivity index is 1.86. The lowest BCUT2D eigenvalue weighted by atomic mass is 10.1. The van der Waals surface area contributed by atoms with Crippen LogP contribution in [0.25, 0.3) is 0 Å². The predicted molar refractivity (Wildman–Crippen MR) is 64.9 cm³/mol. The average molecular weight is 221 g/mol. The Bertz CT molecular complexity index is 373. The van der Waals surface area contributed by atoms with Gasteiger partial charge in [-0.25, -0.2) is 4.39 Å². The summed E-state index contributed by atoms with van der Waals surface area (Å²) in [7, 11) is 0. The highest BCUT2D eigenvalue weighted by atomic mass is 19.1. The van der Waals surface area contributed by atoms with Crippen molar-refractivity contribution in [2.75, 3.05) is 0 Å². The fourth-order valence-corrected chi connectivity index (χ4v) is 2.17. The van der Waals surface area contributed by atoms with E-state index in [9.17, 15) is 4.39 Å². The number of rotatable bonds is 4. The van der Waals surface area contributed by atoms with Crippen molar-refractivity contribution in [1.82, 2.24) is 5.32 Å². The third-order valence-electron chi connectivity index (χ3n) is 3.43. The molecule has 2 heteroatoms. The zero-order valence-electron chi connectivity index (χ0n) is 10.3. The molecule has 1 aromatic rings. The van der Waals surface area contributed by atoms with Gasteiger partial charge in [0.1, 0.15) is 5.82 Å². The fourth-order valence-electron chi connectivity index (χ4n) is 2.17. The van der Waals surface area contributed by atoms with Gasteiger partial charge in [-0.3, -0.25) is 0 Å². The summed E-state index contributed by atoms with van der Waals surface area (Å²) in [6.45, 7) is 6.72. The van der Waals surface area contributed by atoms with E-state index >= 15 is 0 Å². The van der Waals surface area contributed by atoms with E-state index in [4.69, 9.17) is 0 Å². The molecular formula is C14H20FN. The first-order chi connectivity index (χ1) is 7.47. The monoisotopic (exact) mass is 221 g/mol. The van der Waals surface area contributed by atoms with Crippen LogP contribution in [-0.2, 0) is 6.42 Å². The second-order valence-electron chi connectivity index (χ2n) is 5.65. The molecule has 1 nitrogen and oxygen atoms in total. The minimum atomic E-state index is -0.142. The lowest BCUT2D eigenvalue weighted by molar-refractivity contribution is 0.477. The number of benzene rings is 1. The maximum Gasteiger partial charge on any atom is 0.123 e. The first-order valence-electron chi connectivity index (χ1n) is 5.98. The van der Waals surface area contributed by atoms with Crippen LogP contribution >= 0.6 is 0 Å². The molecule has 1 aliphatic rings. The van der Waals surface area contributed by atoms with Gasteiger partial charge in [-0.05, 0) is 42.9 Å². The van der Waals surface area contributed by atoms with Crippen LogP contribution in [0.5, 0.6) is 0 Å². The normalized spacial score (nSPS) is 24.1. The van der Waals surface area contributed by atoms with Crippen LogP contribution in [0.2, 0.25) is 0 Å². The lowest BCUT2D eigenvalue weighted by Gasteiger charge is -2.15. The molecule has 16 heavy (non-hydrogen) atoms. The van der Waals surface area contributed by atoms with Gasteiger partial charge in [-0.2, -0.15) is 0 Å². The van der Waals surface area contributed by atoms with Gasteiger partial charge >= 0.3 is 0 Å². The van der Waals surface area contributed by atoms with Gasteiger partial charge < -0.3 is 5.32 Å². The molecule has 1 saturated carbocycles. The molecule has 0 bridgehead atoms. The molecule has 1 aromatic carbocycles. The van der Waals surface area contributed by atoms with Crippen molar-refractivity contribution in [3.8, 4) is 0 Å². The van der Waals surface area contributed by atoms with E-state index in [1.807, 2.05) is 6.07 Å². The SMILES string of the molecule is CC(Cc1cccc(F)c1)NC1CC1(C)C. The summed E-state index contributed by atoms with van der Waals surface area (Å²) in [4.78, 5) is 0. The molecule has 0 amide bonds. The minimum Gasteiger partial charge on any atom is -0.311 e. The molecule has 1 aliphatic carbocycles. The zero-order valence-corrected chi connectivity index (χ0v) is 10.3. The molecule has 2 unspecified atom stereocenters. The van der Waals surface area contributed by atoms with E-state index in [0.29, 0.717) is 17.5 Å². The number of nitrogens with one attached hydrogen (secondary N) is 1. The van der Waals surface area contributed by atoms with Gasteiger partial charge in [0, 0.05) is 12.1 Å². The molecule has 1 fully saturated rings. The molecular weight excluding hydrogens is 201 g/mol. The molecule has 0 heterocycles. The van der Waals surface area contributed by atoms with Crippen molar-refractivity contribution in [3.05, 3.63) is 35.6 Å². The Morgan fingerprint density at radius 1 is 1.50 bits per heavy atom. The van der Waals surface area contributed by atoms with E-state index in [2.05, 4.69) is 26.1 Å². The fraction of sp³-hybridized carbons (Fsp3) is 0.571. The van der Waals surface area contributed by atoms with E-state index in [1.54, 1.807) is 12.1 Å². The van der Waals surface area contributed by atoms with Crippen LogP contribution in [0.4, 0.5) is 4.39 Å². The van der Waals surface area contributed by atoms with Gasteiger partial charge in [0.05, 0.1) is 0 Å². The summed E-state index contributed by atoms with van der Waals surface area (Å²) in [5.74, 6) is -0.142. The van der Waals surface area contributed by atoms with Gasteiger partial charge in [0.2, 0.25) is 0 Å². The van der Waals surface area contributed by atoms with Crippen molar-refractivity contribution < 1.29 is 4.39 Å². The Hall–Kier alpha value is -0.890. The Morgan fingerprint density at radius 2 is 2.19 bits per heavy atom. The molecule has 0 radical (unpaired) electrons. The molecule has 0 spiro atoms. The molecule has 1 N–H and O–H groups in total. The van der Waals surface area contributed by atoms with E-state index in [1.165, 1.54) is 12.5 Å². The molecule has 2 rings (SSSR count). The third kappa shape index (κ3) is 2.82. The molecule has 88 valence electrons. The highest BCUT2D eigenvalue weighted by Crippen LogP contribution is 2.44. The van der Waals surface area contributed by atoms with E-state index in [-0.39, 0.29) is 5.82 Å². The second kappa shape index (κ2) is 4.17. The summed E-state index contributed by atoms with van der Waals surface area (Å²) in [6, 6.07) is 7.92. The van der Waals surface area contributed by atoms with Gasteiger partial charge in [0.15, 0.2) is 0 Å². The number of halogens is 1. The Labute approximate surface area is 97.1 Å². The van der Waals surface area contributed by atoms with Gasteiger partial charge in [-0.1, -0.05) is 26.0 Å². The first-order valence-corrected chi connectivity index (χ1v) is 5.98. The van der Waals surface area contributed by atoms with Crippen LogP contribution < -0.4 is 5.32 Å². The molecule has 0 aromatic heterocycles. The van der Waals surface area contributed by atoms with Crippen LogP contribution in [-0.4, -0.2) is 12.1 Å². The maximum absolute atomic E-state index is 13.0. The largest absolute Gasteiger partial charge is 0.311 e. The first kappa shape index (κ1) is 11.6. The summed E-state index contributed by atoms with van der Waals surface area (Å²) in [5, 5.41) is 3.59. The lowest BCUT2D eigenvalue weighted by Crippen LogP contribution is -2.32. The van der Waals surface area contributed by atoms with E-state index < -0.39 is 0 Å². The highest BCUT2D eigenvalue weighted by molar-refractivity contribution is 5.17. The zero-order chi connectivity index (χ0) is 11.8. The van der Waals surface area contributed by atoms with Gasteiger partial charge in [0.25, 0.3) is 0 Å². The second-order valence-corrected chi connectivity index (χ2v) is 5.65. The minimum absolute atomic E-state index is 0.142. The summed E-state index contributed by atoms with van der Waals surface area (Å²) in [6.07, 6.45) is 2.14. The standard InChI is InChI=1S/C14H20FN/c1-10(16-13-9-14(13,2)3)7-11-5-4-6-12(15)8-11/h4-6,8,10,13,16H,7,9H2,1-3H3. The summed E-state index contributed by atoms with van der Waals surface area (Å²) in [5.41, 5.74) is 1.52. The molecule has 2 atom stereocenters. The topological polar surface area (TPSA) is 12.0 Å². The van der Waals surface area contributed by atoms with Crippen molar-refractivity contribution in [1.29, 1.82) is 0 Å². The predicted octanol–water partition coefficient (Wildman–Crippen LogP) is 3.14. The highest BCUT2D eigenvalue weighted by Gasteiger charge is 2.45. The molecule has 0 saturated heterocycles. The van der Waals surface area contributed by atoms with Crippen LogP contribution in [0.15, 0.2) is 24.3 Å². The smallest absolute Gasteiger partial charge is 0.123 e. The van der Waals surface area contributed by atoms with E-state index in [0.717, 1.165) is 12.0 Å². The summed E-state index contributed by atoms with van der Waals surface area (Å²) < 4.78 is 13.0. The Kier molecular flexibility index (Phi) is 3.02. The van der Waals surface area contributed by atoms with Crippen LogP contribution in [0.3, 0.4) is 0 Å². The Morgan fingerprint density at radius 3 is 2.75 bits per heavy atom. The molecule has 0 aliphatic heterocycles. The van der Waals surface area contributed by atoms with Gasteiger partial charge in [-0.15, -0.1) is 0 Å².